The highest BCUT2D eigenvalue weighted by Crippen LogP contribution is 2.41. The van der Waals surface area contributed by atoms with E-state index in [2.05, 4.69) is 55.2 Å². The van der Waals surface area contributed by atoms with Crippen molar-refractivity contribution < 1.29 is 23.9 Å². The van der Waals surface area contributed by atoms with E-state index in [1.807, 2.05) is 57.8 Å². The van der Waals surface area contributed by atoms with E-state index in [1.54, 1.807) is 18.1 Å². The minimum absolute atomic E-state index is 0.0251. The van der Waals surface area contributed by atoms with Crippen LogP contribution < -0.4 is 15.8 Å². The third-order valence-electron chi connectivity index (χ3n) is 10.9. The van der Waals surface area contributed by atoms with Crippen LogP contribution in [0.5, 0.6) is 5.75 Å². The monoisotopic (exact) mass is 735 g/mol. The number of hydrogen-bond donors (Lipinski definition) is 4. The number of rotatable bonds is 10. The van der Waals surface area contributed by atoms with E-state index in [9.17, 15) is 14.4 Å². The number of carbonyl (C=O) groups is 3. The van der Waals surface area contributed by atoms with Crippen molar-refractivity contribution in [3.05, 3.63) is 66.5 Å². The van der Waals surface area contributed by atoms with Gasteiger partial charge in [0.25, 0.3) is 0 Å². The highest BCUT2D eigenvalue weighted by Gasteiger charge is 2.35. The number of likely N-dealkylation sites (N-methyl/N-ethyl adjacent to an activating group) is 1. The molecule has 0 unspecified atom stereocenters. The number of nitrogens with zero attached hydrogens (tertiary/aromatic N) is 5. The molecule has 5 heterocycles. The van der Waals surface area contributed by atoms with Crippen molar-refractivity contribution in [3.8, 4) is 39.5 Å². The molecule has 2 aliphatic heterocycles. The Kier molecular flexibility index (Phi) is 9.96. The Balaban J connectivity index is 1.09. The van der Waals surface area contributed by atoms with Crippen molar-refractivity contribution in [3.63, 3.8) is 0 Å². The van der Waals surface area contributed by atoms with Crippen LogP contribution in [0.15, 0.2) is 54.9 Å². The van der Waals surface area contributed by atoms with Crippen molar-refractivity contribution >= 4 is 28.8 Å². The van der Waals surface area contributed by atoms with Crippen LogP contribution in [0.4, 0.5) is 4.79 Å². The number of hydrogen-bond acceptors (Lipinski definition) is 8. The smallest absolute Gasteiger partial charge is 0.407 e. The second-order valence-corrected chi connectivity index (χ2v) is 15.0. The normalized spacial score (nSPS) is 16.9. The standard InChI is InChI=1S/C40H49N9O5/c1-21(2)34(41)38(50)48-14-8-9-31(48)37-43-19-29(45-37)25-10-12-27-32-16-26-15-24(11-13-30(26)49(32)20-54-33(27)17-25)28-18-42-36(44-28)23(5)47(6)39(51)35(22(3)4)46-40(52)53-7/h10-13,15-19,21-23,31,34-35H,8-9,14,20,41H2,1-7H3,(H,42,44)(H,43,45)(H,46,52)/t23-,31-,34-,35-/m0/s1. The van der Waals surface area contributed by atoms with Gasteiger partial charge >= 0.3 is 6.09 Å². The van der Waals surface area contributed by atoms with Gasteiger partial charge in [0.15, 0.2) is 6.73 Å². The Bertz CT molecular complexity index is 2200. The molecule has 5 N–H and O–H groups in total. The zero-order chi connectivity index (χ0) is 38.4. The lowest BCUT2D eigenvalue weighted by Gasteiger charge is -2.30. The van der Waals surface area contributed by atoms with E-state index < -0.39 is 18.2 Å². The molecule has 1 fully saturated rings. The fourth-order valence-electron chi connectivity index (χ4n) is 7.39. The van der Waals surface area contributed by atoms with Gasteiger partial charge < -0.3 is 44.9 Å². The lowest BCUT2D eigenvalue weighted by molar-refractivity contribution is -0.135. The molecule has 3 amide bonds. The number of alkyl carbamates (subject to hydrolysis) is 1. The van der Waals surface area contributed by atoms with Crippen LogP contribution in [-0.2, 0) is 21.1 Å². The van der Waals surface area contributed by atoms with Crippen molar-refractivity contribution in [1.29, 1.82) is 0 Å². The summed E-state index contributed by atoms with van der Waals surface area (Å²) in [6.45, 7) is 10.6. The lowest BCUT2D eigenvalue weighted by Crippen LogP contribution is -2.50. The third kappa shape index (κ3) is 6.70. The van der Waals surface area contributed by atoms with Crippen molar-refractivity contribution in [2.45, 2.75) is 78.4 Å². The molecular weight excluding hydrogens is 686 g/mol. The molecule has 284 valence electrons. The SMILES string of the molecule is COC(=O)N[C@H](C(=O)N(C)[C@@H](C)c1ncc(-c2ccc3c(c2)cc2n3COc3cc(-c4cnc([C@@H]5CCCN5C(=O)[C@@H](N)C(C)C)[nH]4)ccc3-2)[nH]1)C(C)C. The number of imidazole rings is 2. The van der Waals surface area contributed by atoms with Gasteiger partial charge in [0.1, 0.15) is 23.4 Å². The number of nitrogens with two attached hydrogens (primary N) is 1. The Morgan fingerprint density at radius 2 is 1.70 bits per heavy atom. The number of amides is 3. The molecule has 2 aromatic carbocycles. The number of H-pyrrole nitrogens is 2. The Labute approximate surface area is 314 Å². The Hall–Kier alpha value is -5.63. The topological polar surface area (TPSA) is 176 Å². The molecule has 54 heavy (non-hydrogen) atoms. The summed E-state index contributed by atoms with van der Waals surface area (Å²) < 4.78 is 13.2. The number of ether oxygens (including phenoxy) is 2. The van der Waals surface area contributed by atoms with E-state index in [0.717, 1.165) is 69.1 Å². The van der Waals surface area contributed by atoms with Crippen LogP contribution >= 0.6 is 0 Å². The van der Waals surface area contributed by atoms with Crippen molar-refractivity contribution in [2.75, 3.05) is 20.7 Å². The molecule has 0 aliphatic carbocycles. The molecule has 0 spiro atoms. The predicted octanol–water partition coefficient (Wildman–Crippen LogP) is 5.99. The average Bonchev–Trinajstić information content (AvgIpc) is 4.00. The summed E-state index contributed by atoms with van der Waals surface area (Å²) in [6, 6.07) is 12.9. The van der Waals surface area contributed by atoms with E-state index in [4.69, 9.17) is 20.2 Å². The first-order chi connectivity index (χ1) is 25.9. The van der Waals surface area contributed by atoms with E-state index in [1.165, 1.54) is 7.11 Å². The minimum Gasteiger partial charge on any atom is -0.472 e. The molecule has 4 atom stereocenters. The maximum absolute atomic E-state index is 13.3. The zero-order valence-electron chi connectivity index (χ0n) is 31.8. The summed E-state index contributed by atoms with van der Waals surface area (Å²) in [4.78, 5) is 58.0. The summed E-state index contributed by atoms with van der Waals surface area (Å²) in [5, 5.41) is 3.70. The van der Waals surface area contributed by atoms with Crippen LogP contribution in [0.3, 0.4) is 0 Å². The highest BCUT2D eigenvalue weighted by atomic mass is 16.5. The number of carbonyl (C=O) groups excluding carboxylic acids is 3. The quantitative estimate of drug-likeness (QED) is 0.135. The fraction of sp³-hybridized carbons (Fsp3) is 0.425. The third-order valence-corrected chi connectivity index (χ3v) is 10.9. The number of likely N-dealkylation sites (tertiary alicyclic amines) is 1. The second kappa shape index (κ2) is 14.7. The van der Waals surface area contributed by atoms with E-state index >= 15 is 0 Å². The summed E-state index contributed by atoms with van der Waals surface area (Å²) in [6.07, 6.45) is 4.71. The van der Waals surface area contributed by atoms with Gasteiger partial charge in [0.05, 0.1) is 60.2 Å². The largest absolute Gasteiger partial charge is 0.472 e. The van der Waals surface area contributed by atoms with Crippen molar-refractivity contribution in [1.82, 2.24) is 39.6 Å². The number of nitrogens with one attached hydrogen (secondary N) is 3. The summed E-state index contributed by atoms with van der Waals surface area (Å²) in [5.74, 6) is 1.86. The maximum Gasteiger partial charge on any atom is 0.407 e. The van der Waals surface area contributed by atoms with Gasteiger partial charge in [0.2, 0.25) is 11.8 Å². The summed E-state index contributed by atoms with van der Waals surface area (Å²) in [5.41, 5.74) is 12.9. The van der Waals surface area contributed by atoms with Crippen LogP contribution in [0.1, 0.15) is 71.2 Å². The van der Waals surface area contributed by atoms with Gasteiger partial charge in [-0.05, 0) is 61.9 Å². The maximum atomic E-state index is 13.3. The Morgan fingerprint density at radius 3 is 2.44 bits per heavy atom. The number of aromatic nitrogens is 5. The number of aromatic amines is 2. The molecule has 0 saturated carbocycles. The van der Waals surface area contributed by atoms with Crippen LogP contribution in [0, 0.1) is 11.8 Å². The first-order valence-corrected chi connectivity index (χ1v) is 18.5. The van der Waals surface area contributed by atoms with Gasteiger partial charge in [0, 0.05) is 35.7 Å². The number of fused-ring (bicyclic) bond motifs is 5. The van der Waals surface area contributed by atoms with Gasteiger partial charge in [-0.3, -0.25) is 9.59 Å². The minimum atomic E-state index is -0.734. The van der Waals surface area contributed by atoms with Gasteiger partial charge in [-0.2, -0.15) is 0 Å². The molecule has 7 rings (SSSR count). The van der Waals surface area contributed by atoms with Crippen molar-refractivity contribution in [2.24, 2.45) is 17.6 Å². The molecular formula is C40H49N9O5. The predicted molar refractivity (Wildman–Crippen MR) is 205 cm³/mol. The van der Waals surface area contributed by atoms with E-state index in [-0.39, 0.29) is 35.7 Å². The number of methoxy groups -OCH3 is 1. The molecule has 0 bridgehead atoms. The van der Waals surface area contributed by atoms with Crippen LogP contribution in [0.2, 0.25) is 0 Å². The highest BCUT2D eigenvalue weighted by molar-refractivity contribution is 5.92. The lowest BCUT2D eigenvalue weighted by atomic mass is 10.0. The molecule has 2 aliphatic rings. The zero-order valence-corrected chi connectivity index (χ0v) is 31.8. The molecule has 3 aromatic heterocycles. The molecule has 1 saturated heterocycles. The number of benzene rings is 2. The molecule has 5 aromatic rings. The fourth-order valence-corrected chi connectivity index (χ4v) is 7.39. The Morgan fingerprint density at radius 1 is 0.981 bits per heavy atom. The first kappa shape index (κ1) is 36.7. The van der Waals surface area contributed by atoms with E-state index in [0.29, 0.717) is 19.1 Å². The molecule has 14 heteroatoms. The summed E-state index contributed by atoms with van der Waals surface area (Å²) >= 11 is 0. The first-order valence-electron chi connectivity index (χ1n) is 18.5. The van der Waals surface area contributed by atoms with Gasteiger partial charge in [-0.15, -0.1) is 0 Å². The molecule has 0 radical (unpaired) electrons. The van der Waals surface area contributed by atoms with Crippen LogP contribution in [0.25, 0.3) is 44.7 Å². The van der Waals surface area contributed by atoms with Crippen LogP contribution in [-0.4, -0.2) is 85.0 Å². The van der Waals surface area contributed by atoms with Gasteiger partial charge in [-0.25, -0.2) is 14.8 Å². The second-order valence-electron chi connectivity index (χ2n) is 15.0. The average molecular weight is 736 g/mol. The van der Waals surface area contributed by atoms with Gasteiger partial charge in [-0.1, -0.05) is 39.8 Å². The molecule has 14 nitrogen and oxygen atoms in total. The summed E-state index contributed by atoms with van der Waals surface area (Å²) in [7, 11) is 2.98.